The zero-order valence-corrected chi connectivity index (χ0v) is 14.1. The summed E-state index contributed by atoms with van der Waals surface area (Å²) in [4.78, 5) is 35.6. The van der Waals surface area contributed by atoms with Crippen molar-refractivity contribution in [3.05, 3.63) is 12.2 Å². The molecule has 0 spiro atoms. The van der Waals surface area contributed by atoms with Crippen molar-refractivity contribution >= 4 is 39.6 Å². The summed E-state index contributed by atoms with van der Waals surface area (Å²) in [5.41, 5.74) is 0. The van der Waals surface area contributed by atoms with Crippen molar-refractivity contribution in [2.75, 3.05) is 19.5 Å². The number of nitrogens with one attached hydrogen (secondary N) is 1. The number of thioether (sulfide) groups is 1. The van der Waals surface area contributed by atoms with Crippen LogP contribution in [0.5, 0.6) is 0 Å². The van der Waals surface area contributed by atoms with Crippen molar-refractivity contribution in [2.24, 2.45) is 0 Å². The third-order valence-electron chi connectivity index (χ3n) is 2.77. The van der Waals surface area contributed by atoms with Gasteiger partial charge in [0.15, 0.2) is 5.25 Å². The molecule has 0 fully saturated rings. The van der Waals surface area contributed by atoms with Gasteiger partial charge in [-0.25, -0.2) is 0 Å². The van der Waals surface area contributed by atoms with Gasteiger partial charge in [-0.2, -0.15) is 20.2 Å². The lowest BCUT2D eigenvalue weighted by Gasteiger charge is -2.19. The number of carbonyl (C=O) groups is 3. The summed E-state index contributed by atoms with van der Waals surface area (Å²) in [6.07, 6.45) is 2.15. The topological polar surface area (TPSA) is 110 Å². The van der Waals surface area contributed by atoms with E-state index in [4.69, 9.17) is 0 Å². The Labute approximate surface area is 133 Å². The van der Waals surface area contributed by atoms with E-state index in [-0.39, 0.29) is 17.7 Å². The van der Waals surface area contributed by atoms with Gasteiger partial charge in [0.25, 0.3) is 21.9 Å². The van der Waals surface area contributed by atoms with E-state index in [0.29, 0.717) is 0 Å². The van der Waals surface area contributed by atoms with Gasteiger partial charge in [0.2, 0.25) is 5.91 Å². The van der Waals surface area contributed by atoms with Crippen LogP contribution in [0.4, 0.5) is 0 Å². The van der Waals surface area contributed by atoms with Crippen LogP contribution in [0.25, 0.3) is 0 Å². The molecular weight excluding hydrogens is 332 g/mol. The molecule has 1 rings (SSSR count). The summed E-state index contributed by atoms with van der Waals surface area (Å²) in [6.45, 7) is 3.35. The van der Waals surface area contributed by atoms with Crippen molar-refractivity contribution in [1.82, 2.24) is 10.2 Å². The van der Waals surface area contributed by atoms with Crippen LogP contribution in [0.3, 0.4) is 0 Å². The van der Waals surface area contributed by atoms with Crippen LogP contribution in [0.2, 0.25) is 0 Å². The van der Waals surface area contributed by atoms with Crippen molar-refractivity contribution in [2.45, 2.75) is 24.3 Å². The summed E-state index contributed by atoms with van der Waals surface area (Å²) in [7, 11) is -3.09. The van der Waals surface area contributed by atoms with Crippen LogP contribution in [0.15, 0.2) is 12.2 Å². The second-order valence-electron chi connectivity index (χ2n) is 4.67. The minimum Gasteiger partial charge on any atom is -0.337 e. The lowest BCUT2D eigenvalue weighted by molar-refractivity contribution is -0.137. The molecule has 1 atom stereocenters. The Morgan fingerprint density at radius 2 is 1.86 bits per heavy atom. The lowest BCUT2D eigenvalue weighted by atomic mass is 10.4. The molecule has 0 aromatic carbocycles. The second-order valence-corrected chi connectivity index (χ2v) is 8.16. The Hall–Kier alpha value is -1.39. The molecule has 0 saturated heterocycles. The maximum atomic E-state index is 12.1. The molecule has 1 unspecified atom stereocenters. The first-order chi connectivity index (χ1) is 10.2. The quantitative estimate of drug-likeness (QED) is 0.463. The number of hydrogen-bond donors (Lipinski definition) is 1. The van der Waals surface area contributed by atoms with Crippen molar-refractivity contribution in [3.63, 3.8) is 0 Å². The fraction of sp³-hybridized carbons (Fsp3) is 0.583. The van der Waals surface area contributed by atoms with Gasteiger partial charge in [0, 0.05) is 17.9 Å². The Balaban J connectivity index is 2.71. The Morgan fingerprint density at radius 1 is 1.32 bits per heavy atom. The van der Waals surface area contributed by atoms with Crippen LogP contribution in [-0.4, -0.2) is 61.1 Å². The number of nitrogens with zero attached hydrogens (tertiary/aromatic N) is 1. The highest BCUT2D eigenvalue weighted by Crippen LogP contribution is 2.16. The highest BCUT2D eigenvalue weighted by atomic mass is 32.2. The Kier molecular flexibility index (Phi) is 6.57. The van der Waals surface area contributed by atoms with Gasteiger partial charge in [0.05, 0.1) is 7.11 Å². The standard InChI is InChI=1S/C12H18N2O6S2/c1-8(2)21-6-9(22(18,19)20-3)12(17)13-7-14-10(15)4-5-11(14)16/h4-5,8-9H,6-7H2,1-3H3,(H,13,17). The van der Waals surface area contributed by atoms with Crippen LogP contribution in [0, 0.1) is 0 Å². The fourth-order valence-electron chi connectivity index (χ4n) is 1.54. The Bertz CT molecular complexity index is 566. The van der Waals surface area contributed by atoms with Crippen LogP contribution in [-0.2, 0) is 28.7 Å². The molecule has 0 aliphatic carbocycles. The van der Waals surface area contributed by atoms with Crippen molar-refractivity contribution < 1.29 is 27.0 Å². The lowest BCUT2D eigenvalue weighted by Crippen LogP contribution is -2.47. The second kappa shape index (κ2) is 7.75. The molecule has 1 aliphatic heterocycles. The van der Waals surface area contributed by atoms with E-state index in [0.717, 1.165) is 24.2 Å². The van der Waals surface area contributed by atoms with E-state index in [1.165, 1.54) is 11.8 Å². The molecule has 0 radical (unpaired) electrons. The number of hydrogen-bond acceptors (Lipinski definition) is 7. The molecule has 1 heterocycles. The number of rotatable bonds is 8. The molecule has 8 nitrogen and oxygen atoms in total. The van der Waals surface area contributed by atoms with Gasteiger partial charge in [-0.15, -0.1) is 0 Å². The number of carbonyl (C=O) groups excluding carboxylic acids is 3. The summed E-state index contributed by atoms with van der Waals surface area (Å²) < 4.78 is 28.0. The number of imide groups is 1. The largest absolute Gasteiger partial charge is 0.337 e. The molecule has 0 aromatic heterocycles. The minimum atomic E-state index is -4.06. The van der Waals surface area contributed by atoms with E-state index in [1.54, 1.807) is 0 Å². The minimum absolute atomic E-state index is 0.0137. The average Bonchev–Trinajstić information content (AvgIpc) is 2.75. The van der Waals surface area contributed by atoms with Gasteiger partial charge in [-0.3, -0.25) is 23.5 Å². The summed E-state index contributed by atoms with van der Waals surface area (Å²) in [6, 6.07) is 0. The molecule has 0 saturated carbocycles. The fourth-order valence-corrected chi connectivity index (χ4v) is 3.74. The highest BCUT2D eigenvalue weighted by Gasteiger charge is 2.34. The first-order valence-electron chi connectivity index (χ1n) is 6.41. The molecule has 0 bridgehead atoms. The maximum Gasteiger partial charge on any atom is 0.279 e. The van der Waals surface area contributed by atoms with E-state index in [9.17, 15) is 22.8 Å². The molecule has 124 valence electrons. The molecule has 0 aromatic rings. The summed E-state index contributed by atoms with van der Waals surface area (Å²) in [5, 5.41) is 1.00. The van der Waals surface area contributed by atoms with E-state index >= 15 is 0 Å². The van der Waals surface area contributed by atoms with Crippen molar-refractivity contribution in [3.8, 4) is 0 Å². The SMILES string of the molecule is COS(=O)(=O)C(CSC(C)C)C(=O)NCN1C(=O)C=CC1=O. The zero-order valence-electron chi connectivity index (χ0n) is 12.4. The normalized spacial score (nSPS) is 16.5. The zero-order chi connectivity index (χ0) is 16.9. The molecule has 1 N–H and O–H groups in total. The van der Waals surface area contributed by atoms with Crippen LogP contribution >= 0.6 is 11.8 Å². The smallest absolute Gasteiger partial charge is 0.279 e. The van der Waals surface area contributed by atoms with E-state index in [1.807, 2.05) is 13.8 Å². The predicted octanol–water partition coefficient (Wildman–Crippen LogP) is -0.528. The number of amides is 3. The molecular formula is C12H18N2O6S2. The molecule has 22 heavy (non-hydrogen) atoms. The summed E-state index contributed by atoms with van der Waals surface area (Å²) in [5.74, 6) is -1.93. The van der Waals surface area contributed by atoms with Crippen LogP contribution in [0.1, 0.15) is 13.8 Å². The van der Waals surface area contributed by atoms with Crippen LogP contribution < -0.4 is 5.32 Å². The molecule has 1 aliphatic rings. The highest BCUT2D eigenvalue weighted by molar-refractivity contribution is 8.01. The predicted molar refractivity (Wildman–Crippen MR) is 81.3 cm³/mol. The first-order valence-corrected chi connectivity index (χ1v) is 8.93. The summed E-state index contributed by atoms with van der Waals surface area (Å²) >= 11 is 1.29. The van der Waals surface area contributed by atoms with Gasteiger partial charge in [-0.1, -0.05) is 13.8 Å². The average molecular weight is 350 g/mol. The molecule has 3 amide bonds. The monoisotopic (exact) mass is 350 g/mol. The third-order valence-corrected chi connectivity index (χ3v) is 5.71. The van der Waals surface area contributed by atoms with Crippen molar-refractivity contribution in [1.29, 1.82) is 0 Å². The maximum absolute atomic E-state index is 12.1. The first kappa shape index (κ1) is 18.7. The van der Waals surface area contributed by atoms with E-state index < -0.39 is 33.1 Å². The van der Waals surface area contributed by atoms with Gasteiger partial charge < -0.3 is 5.32 Å². The van der Waals surface area contributed by atoms with Gasteiger partial charge in [0.1, 0.15) is 6.67 Å². The van der Waals surface area contributed by atoms with E-state index in [2.05, 4.69) is 9.50 Å². The van der Waals surface area contributed by atoms with Gasteiger partial charge >= 0.3 is 0 Å². The molecule has 10 heteroatoms. The third kappa shape index (κ3) is 4.82. The van der Waals surface area contributed by atoms with Gasteiger partial charge in [-0.05, 0) is 5.25 Å². The Morgan fingerprint density at radius 3 is 2.32 bits per heavy atom.